The van der Waals surface area contributed by atoms with E-state index in [1.807, 2.05) is 0 Å². The Hall–Kier alpha value is -2.37. The Kier molecular flexibility index (Phi) is 4.80. The topological polar surface area (TPSA) is 95.5 Å². The number of anilines is 1. The zero-order valence-electron chi connectivity index (χ0n) is 12.6. The first-order valence-corrected chi connectivity index (χ1v) is 7.32. The average Bonchev–Trinajstić information content (AvgIpc) is 3.31. The van der Waals surface area contributed by atoms with Gasteiger partial charge >= 0.3 is 5.97 Å². The third-order valence-electron chi connectivity index (χ3n) is 3.75. The summed E-state index contributed by atoms with van der Waals surface area (Å²) >= 11 is 0. The monoisotopic (exact) mass is 304 g/mol. The maximum absolute atomic E-state index is 11.7. The Balaban J connectivity index is 1.92. The molecule has 2 rings (SSSR count). The summed E-state index contributed by atoms with van der Waals surface area (Å²) in [7, 11) is 0. The van der Waals surface area contributed by atoms with Crippen molar-refractivity contribution in [2.45, 2.75) is 32.7 Å². The van der Waals surface area contributed by atoms with Crippen molar-refractivity contribution in [2.24, 2.45) is 11.8 Å². The maximum atomic E-state index is 11.7. The van der Waals surface area contributed by atoms with Crippen LogP contribution in [-0.2, 0) is 14.4 Å². The molecule has 0 aromatic heterocycles. The second-order valence-electron chi connectivity index (χ2n) is 5.68. The van der Waals surface area contributed by atoms with Crippen molar-refractivity contribution in [3.05, 3.63) is 29.8 Å². The van der Waals surface area contributed by atoms with Crippen LogP contribution in [0, 0.1) is 11.8 Å². The highest BCUT2D eigenvalue weighted by atomic mass is 16.4. The fraction of sp³-hybridized carbons (Fsp3) is 0.438. The molecule has 22 heavy (non-hydrogen) atoms. The van der Waals surface area contributed by atoms with E-state index in [2.05, 4.69) is 10.6 Å². The van der Waals surface area contributed by atoms with Crippen LogP contribution in [0.25, 0.3) is 0 Å². The summed E-state index contributed by atoms with van der Waals surface area (Å²) in [6, 6.07) is 6.86. The number of carboxylic acid groups (broad SMARTS) is 1. The van der Waals surface area contributed by atoms with Crippen LogP contribution in [0.1, 0.15) is 38.3 Å². The van der Waals surface area contributed by atoms with Gasteiger partial charge in [-0.1, -0.05) is 12.1 Å². The first-order valence-electron chi connectivity index (χ1n) is 7.32. The summed E-state index contributed by atoms with van der Waals surface area (Å²) in [6.07, 6.45) is 1.91. The lowest BCUT2D eigenvalue weighted by atomic mass is 10.1. The second kappa shape index (κ2) is 6.60. The largest absolute Gasteiger partial charge is 0.481 e. The van der Waals surface area contributed by atoms with Gasteiger partial charge in [0.05, 0.1) is 6.04 Å². The lowest BCUT2D eigenvalue weighted by molar-refractivity contribution is -0.146. The highest BCUT2D eigenvalue weighted by Crippen LogP contribution is 2.30. The third kappa shape index (κ3) is 4.07. The second-order valence-corrected chi connectivity index (χ2v) is 5.68. The van der Waals surface area contributed by atoms with Crippen LogP contribution in [-0.4, -0.2) is 22.9 Å². The van der Waals surface area contributed by atoms with Gasteiger partial charge in [0.25, 0.3) is 0 Å². The predicted octanol–water partition coefficient (Wildman–Crippen LogP) is 1.93. The average molecular weight is 304 g/mol. The number of carbonyl (C=O) groups excluding carboxylic acids is 2. The van der Waals surface area contributed by atoms with Crippen LogP contribution in [0.15, 0.2) is 24.3 Å². The summed E-state index contributed by atoms with van der Waals surface area (Å²) in [5, 5.41) is 14.3. The van der Waals surface area contributed by atoms with E-state index < -0.39 is 17.8 Å². The van der Waals surface area contributed by atoms with Crippen LogP contribution in [0.3, 0.4) is 0 Å². The number of benzene rings is 1. The zero-order chi connectivity index (χ0) is 16.3. The molecule has 118 valence electrons. The van der Waals surface area contributed by atoms with E-state index in [9.17, 15) is 14.4 Å². The number of rotatable bonds is 6. The predicted molar refractivity (Wildman–Crippen MR) is 81.2 cm³/mol. The van der Waals surface area contributed by atoms with Gasteiger partial charge in [0.1, 0.15) is 5.92 Å². The number of aliphatic carboxylic acids is 1. The van der Waals surface area contributed by atoms with Crippen molar-refractivity contribution in [3.8, 4) is 0 Å². The molecule has 2 unspecified atom stereocenters. The minimum Gasteiger partial charge on any atom is -0.481 e. The Morgan fingerprint density at radius 3 is 2.23 bits per heavy atom. The minimum atomic E-state index is -1.15. The van der Waals surface area contributed by atoms with Crippen molar-refractivity contribution in [1.29, 1.82) is 0 Å². The molecule has 2 atom stereocenters. The normalized spacial score (nSPS) is 16.5. The van der Waals surface area contributed by atoms with Crippen LogP contribution in [0.4, 0.5) is 5.69 Å². The van der Waals surface area contributed by atoms with E-state index in [1.165, 1.54) is 6.92 Å². The molecule has 1 aliphatic carbocycles. The highest BCUT2D eigenvalue weighted by Gasteiger charge is 2.29. The Bertz CT molecular complexity index is 578. The molecule has 6 heteroatoms. The molecule has 3 N–H and O–H groups in total. The number of nitrogens with one attached hydrogen (secondary N) is 2. The molecule has 6 nitrogen and oxygen atoms in total. The van der Waals surface area contributed by atoms with E-state index in [4.69, 9.17) is 5.11 Å². The molecule has 1 aromatic carbocycles. The van der Waals surface area contributed by atoms with Gasteiger partial charge in [-0.25, -0.2) is 0 Å². The summed E-state index contributed by atoms with van der Waals surface area (Å²) < 4.78 is 0. The first kappa shape index (κ1) is 16.0. The zero-order valence-corrected chi connectivity index (χ0v) is 12.6. The van der Waals surface area contributed by atoms with Crippen molar-refractivity contribution < 1.29 is 19.5 Å². The lowest BCUT2D eigenvalue weighted by Gasteiger charge is -2.16. The molecule has 0 aliphatic heterocycles. The van der Waals surface area contributed by atoms with Gasteiger partial charge in [0.2, 0.25) is 11.8 Å². The van der Waals surface area contributed by atoms with Crippen LogP contribution >= 0.6 is 0 Å². The quantitative estimate of drug-likeness (QED) is 0.700. The Morgan fingerprint density at radius 1 is 1.14 bits per heavy atom. The lowest BCUT2D eigenvalue weighted by Crippen LogP contribution is -2.35. The van der Waals surface area contributed by atoms with E-state index in [0.29, 0.717) is 0 Å². The van der Waals surface area contributed by atoms with Gasteiger partial charge in [0, 0.05) is 11.6 Å². The summed E-state index contributed by atoms with van der Waals surface area (Å²) in [5.74, 6) is -2.56. The standard InChI is InChI=1S/C16H20N2O4/c1-9(16(21)22)14(19)17-10(2)11-5-7-13(8-6-11)18-15(20)12-3-4-12/h5-10,12H,3-4H2,1-2H3,(H,17,19)(H,18,20)(H,21,22). The van der Waals surface area contributed by atoms with E-state index in [-0.39, 0.29) is 17.9 Å². The molecular formula is C16H20N2O4. The number of hydrogen-bond donors (Lipinski definition) is 3. The van der Waals surface area contributed by atoms with Crippen molar-refractivity contribution >= 4 is 23.5 Å². The Morgan fingerprint density at radius 2 is 1.73 bits per heavy atom. The maximum Gasteiger partial charge on any atom is 0.315 e. The fourth-order valence-electron chi connectivity index (χ4n) is 1.98. The first-order chi connectivity index (χ1) is 10.4. The van der Waals surface area contributed by atoms with Gasteiger partial charge in [-0.05, 0) is 44.4 Å². The number of hydrogen-bond acceptors (Lipinski definition) is 3. The summed E-state index contributed by atoms with van der Waals surface area (Å²) in [5.41, 5.74) is 1.56. The van der Waals surface area contributed by atoms with Gasteiger partial charge in [-0.2, -0.15) is 0 Å². The molecule has 2 amide bonds. The van der Waals surface area contributed by atoms with Crippen LogP contribution in [0.5, 0.6) is 0 Å². The van der Waals surface area contributed by atoms with Crippen molar-refractivity contribution in [1.82, 2.24) is 5.32 Å². The van der Waals surface area contributed by atoms with E-state index in [1.54, 1.807) is 31.2 Å². The van der Waals surface area contributed by atoms with Gasteiger partial charge in [-0.3, -0.25) is 14.4 Å². The van der Waals surface area contributed by atoms with Crippen LogP contribution < -0.4 is 10.6 Å². The smallest absolute Gasteiger partial charge is 0.315 e. The molecule has 0 spiro atoms. The molecule has 1 aromatic rings. The van der Waals surface area contributed by atoms with Crippen molar-refractivity contribution in [2.75, 3.05) is 5.32 Å². The SMILES string of the molecule is CC(C(=O)O)C(=O)NC(C)c1ccc(NC(=O)C2CC2)cc1. The Labute approximate surface area is 128 Å². The van der Waals surface area contributed by atoms with E-state index in [0.717, 1.165) is 24.1 Å². The summed E-state index contributed by atoms with van der Waals surface area (Å²) in [6.45, 7) is 3.13. The van der Waals surface area contributed by atoms with Crippen LogP contribution in [0.2, 0.25) is 0 Å². The summed E-state index contributed by atoms with van der Waals surface area (Å²) in [4.78, 5) is 34.1. The molecule has 1 aliphatic rings. The molecule has 1 fully saturated rings. The fourth-order valence-corrected chi connectivity index (χ4v) is 1.98. The molecule has 1 saturated carbocycles. The van der Waals surface area contributed by atoms with Gasteiger partial charge in [0.15, 0.2) is 0 Å². The molecule has 0 bridgehead atoms. The van der Waals surface area contributed by atoms with Gasteiger partial charge < -0.3 is 15.7 Å². The number of carboxylic acids is 1. The minimum absolute atomic E-state index is 0.0457. The molecule has 0 heterocycles. The van der Waals surface area contributed by atoms with Gasteiger partial charge in [-0.15, -0.1) is 0 Å². The molecular weight excluding hydrogens is 284 g/mol. The van der Waals surface area contributed by atoms with Crippen molar-refractivity contribution in [3.63, 3.8) is 0 Å². The molecule has 0 saturated heterocycles. The third-order valence-corrected chi connectivity index (χ3v) is 3.75. The highest BCUT2D eigenvalue weighted by molar-refractivity contribution is 5.96. The number of carbonyl (C=O) groups is 3. The van der Waals surface area contributed by atoms with E-state index >= 15 is 0 Å². The number of amides is 2. The molecule has 0 radical (unpaired) electrons.